The number of likely N-dealkylation sites (tertiary alicyclic amines) is 1. The van der Waals surface area contributed by atoms with Crippen molar-refractivity contribution in [1.82, 2.24) is 10.2 Å². The molecule has 2 heterocycles. The zero-order chi connectivity index (χ0) is 16.9. The van der Waals surface area contributed by atoms with Crippen molar-refractivity contribution in [2.45, 2.75) is 44.7 Å². The fourth-order valence-electron chi connectivity index (χ4n) is 3.52. The number of aryl methyl sites for hydroxylation is 1. The van der Waals surface area contributed by atoms with Crippen molar-refractivity contribution in [2.24, 2.45) is 0 Å². The highest BCUT2D eigenvalue weighted by Gasteiger charge is 2.26. The fraction of sp³-hybridized carbons (Fsp3) is 0.611. The van der Waals surface area contributed by atoms with Crippen molar-refractivity contribution < 1.29 is 4.74 Å². The van der Waals surface area contributed by atoms with Gasteiger partial charge in [0.1, 0.15) is 0 Å². The van der Waals surface area contributed by atoms with E-state index in [-0.39, 0.29) is 0 Å². The summed E-state index contributed by atoms with van der Waals surface area (Å²) >= 11 is 11.7. The number of anilines is 1. The second-order valence-electron chi connectivity index (χ2n) is 6.74. The number of benzene rings is 1. The Labute approximate surface area is 154 Å². The van der Waals surface area contributed by atoms with Crippen molar-refractivity contribution in [3.63, 3.8) is 0 Å². The molecular formula is C18H26ClN3OS. The lowest BCUT2D eigenvalue weighted by molar-refractivity contribution is 0.0247. The van der Waals surface area contributed by atoms with Crippen LogP contribution in [0.4, 0.5) is 5.69 Å². The van der Waals surface area contributed by atoms with E-state index in [0.29, 0.717) is 22.2 Å². The number of hydrogen-bond donors (Lipinski definition) is 2. The fourth-order valence-corrected chi connectivity index (χ4v) is 4.08. The maximum Gasteiger partial charge on any atom is 0.171 e. The monoisotopic (exact) mass is 367 g/mol. The molecule has 132 valence electrons. The Balaban J connectivity index is 1.44. The van der Waals surface area contributed by atoms with E-state index in [1.807, 2.05) is 25.1 Å². The van der Waals surface area contributed by atoms with E-state index in [0.717, 1.165) is 50.4 Å². The molecule has 0 bridgehead atoms. The average molecular weight is 368 g/mol. The Bertz CT molecular complexity index is 569. The van der Waals surface area contributed by atoms with Crippen LogP contribution in [0.2, 0.25) is 5.02 Å². The Hall–Kier alpha value is -0.880. The van der Waals surface area contributed by atoms with Crippen LogP contribution >= 0.6 is 23.8 Å². The summed E-state index contributed by atoms with van der Waals surface area (Å²) in [6.45, 7) is 6.12. The van der Waals surface area contributed by atoms with Gasteiger partial charge in [-0.25, -0.2) is 0 Å². The Morgan fingerprint density at radius 1 is 1.21 bits per heavy atom. The number of nitrogens with one attached hydrogen (secondary N) is 2. The summed E-state index contributed by atoms with van der Waals surface area (Å²) in [7, 11) is 0. The van der Waals surface area contributed by atoms with Gasteiger partial charge in [-0.3, -0.25) is 0 Å². The number of piperidine rings is 1. The highest BCUT2D eigenvalue weighted by molar-refractivity contribution is 7.80. The normalized spacial score (nSPS) is 20.8. The van der Waals surface area contributed by atoms with Gasteiger partial charge in [0, 0.05) is 38.4 Å². The molecule has 0 aromatic heterocycles. The first-order valence-electron chi connectivity index (χ1n) is 8.77. The number of ether oxygens (including phenoxy) is 1. The lowest BCUT2D eigenvalue weighted by atomic mass is 10.00. The minimum Gasteiger partial charge on any atom is -0.381 e. The molecule has 4 nitrogen and oxygen atoms in total. The first kappa shape index (κ1) is 17.9. The smallest absolute Gasteiger partial charge is 0.171 e. The summed E-state index contributed by atoms with van der Waals surface area (Å²) in [5, 5.41) is 8.02. The molecule has 24 heavy (non-hydrogen) atoms. The van der Waals surface area contributed by atoms with Gasteiger partial charge in [0.15, 0.2) is 5.11 Å². The van der Waals surface area contributed by atoms with Crippen LogP contribution in [-0.2, 0) is 4.74 Å². The van der Waals surface area contributed by atoms with Gasteiger partial charge in [0.2, 0.25) is 0 Å². The van der Waals surface area contributed by atoms with Crippen molar-refractivity contribution in [1.29, 1.82) is 0 Å². The minimum absolute atomic E-state index is 0.435. The second-order valence-corrected chi connectivity index (χ2v) is 7.55. The molecular weight excluding hydrogens is 342 g/mol. The highest BCUT2D eigenvalue weighted by Crippen LogP contribution is 2.23. The Morgan fingerprint density at radius 3 is 2.58 bits per heavy atom. The zero-order valence-corrected chi connectivity index (χ0v) is 15.8. The van der Waals surface area contributed by atoms with E-state index in [2.05, 4.69) is 15.5 Å². The summed E-state index contributed by atoms with van der Waals surface area (Å²) in [6.07, 6.45) is 4.59. The molecule has 0 atom stereocenters. The van der Waals surface area contributed by atoms with Crippen molar-refractivity contribution in [3.8, 4) is 0 Å². The third-order valence-corrected chi connectivity index (χ3v) is 5.48. The summed E-state index contributed by atoms with van der Waals surface area (Å²) < 4.78 is 5.46. The van der Waals surface area contributed by atoms with Gasteiger partial charge in [0.25, 0.3) is 0 Å². The first-order chi connectivity index (χ1) is 11.6. The van der Waals surface area contributed by atoms with Gasteiger partial charge in [-0.1, -0.05) is 17.7 Å². The zero-order valence-electron chi connectivity index (χ0n) is 14.2. The van der Waals surface area contributed by atoms with Crippen molar-refractivity contribution in [3.05, 3.63) is 28.8 Å². The van der Waals surface area contributed by atoms with Crippen LogP contribution in [0, 0.1) is 6.92 Å². The predicted octanol–water partition coefficient (Wildman–Crippen LogP) is 3.58. The molecule has 1 aromatic rings. The molecule has 2 N–H and O–H groups in total. The van der Waals surface area contributed by atoms with E-state index in [4.69, 9.17) is 28.6 Å². The SMILES string of the molecule is Cc1ccc(NC(=S)NC2CCN(C3CCOCC3)CC2)c(Cl)c1. The number of nitrogens with zero attached hydrogens (tertiary/aromatic N) is 1. The summed E-state index contributed by atoms with van der Waals surface area (Å²) in [5.41, 5.74) is 2.00. The third kappa shape index (κ3) is 4.82. The van der Waals surface area contributed by atoms with Gasteiger partial charge < -0.3 is 20.3 Å². The molecule has 2 fully saturated rings. The van der Waals surface area contributed by atoms with Crippen LogP contribution in [-0.4, -0.2) is 48.4 Å². The average Bonchev–Trinajstić information content (AvgIpc) is 2.59. The lowest BCUT2D eigenvalue weighted by Gasteiger charge is -2.39. The maximum atomic E-state index is 6.25. The molecule has 2 aliphatic rings. The van der Waals surface area contributed by atoms with Crippen LogP contribution in [0.15, 0.2) is 18.2 Å². The first-order valence-corrected chi connectivity index (χ1v) is 9.56. The molecule has 0 aliphatic carbocycles. The van der Waals surface area contributed by atoms with Gasteiger partial charge in [-0.05, 0) is 62.5 Å². The van der Waals surface area contributed by atoms with Crippen LogP contribution in [0.5, 0.6) is 0 Å². The number of hydrogen-bond acceptors (Lipinski definition) is 3. The highest BCUT2D eigenvalue weighted by atomic mass is 35.5. The molecule has 1 aromatic carbocycles. The number of thiocarbonyl (C=S) groups is 1. The summed E-state index contributed by atoms with van der Waals surface area (Å²) in [6, 6.07) is 7.09. The van der Waals surface area contributed by atoms with Crippen LogP contribution < -0.4 is 10.6 Å². The number of rotatable bonds is 3. The van der Waals surface area contributed by atoms with E-state index in [9.17, 15) is 0 Å². The topological polar surface area (TPSA) is 36.5 Å². The molecule has 0 radical (unpaired) electrons. The number of halogens is 1. The van der Waals surface area contributed by atoms with Gasteiger partial charge in [0.05, 0.1) is 10.7 Å². The lowest BCUT2D eigenvalue weighted by Crippen LogP contribution is -2.49. The van der Waals surface area contributed by atoms with E-state index < -0.39 is 0 Å². The molecule has 3 rings (SSSR count). The molecule has 0 spiro atoms. The molecule has 2 aliphatic heterocycles. The van der Waals surface area contributed by atoms with Crippen LogP contribution in [0.3, 0.4) is 0 Å². The molecule has 0 unspecified atom stereocenters. The third-order valence-electron chi connectivity index (χ3n) is 4.94. The van der Waals surface area contributed by atoms with Crippen molar-refractivity contribution >= 4 is 34.6 Å². The van der Waals surface area contributed by atoms with Gasteiger partial charge in [-0.2, -0.15) is 0 Å². The molecule has 0 saturated carbocycles. The molecule has 0 amide bonds. The largest absolute Gasteiger partial charge is 0.381 e. The Kier molecular flexibility index (Phi) is 6.33. The van der Waals surface area contributed by atoms with E-state index in [1.54, 1.807) is 0 Å². The van der Waals surface area contributed by atoms with E-state index in [1.165, 1.54) is 12.8 Å². The van der Waals surface area contributed by atoms with Crippen LogP contribution in [0.25, 0.3) is 0 Å². The summed E-state index contributed by atoms with van der Waals surface area (Å²) in [5.74, 6) is 0. The summed E-state index contributed by atoms with van der Waals surface area (Å²) in [4.78, 5) is 2.62. The Morgan fingerprint density at radius 2 is 1.92 bits per heavy atom. The molecule has 6 heteroatoms. The molecule has 2 saturated heterocycles. The standard InChI is InChI=1S/C18H26ClN3OS/c1-13-2-3-17(16(19)12-13)21-18(24)20-14-4-8-22(9-5-14)15-6-10-23-11-7-15/h2-3,12,14-15H,4-11H2,1H3,(H2,20,21,24). The van der Waals surface area contributed by atoms with Crippen molar-refractivity contribution in [2.75, 3.05) is 31.6 Å². The quantitative estimate of drug-likeness (QED) is 0.798. The van der Waals surface area contributed by atoms with Gasteiger partial charge in [-0.15, -0.1) is 0 Å². The predicted molar refractivity (Wildman–Crippen MR) is 104 cm³/mol. The van der Waals surface area contributed by atoms with Gasteiger partial charge >= 0.3 is 0 Å². The van der Waals surface area contributed by atoms with Crippen LogP contribution in [0.1, 0.15) is 31.2 Å². The van der Waals surface area contributed by atoms with E-state index >= 15 is 0 Å². The second kappa shape index (κ2) is 8.48. The maximum absolute atomic E-state index is 6.25. The minimum atomic E-state index is 0.435.